The van der Waals surface area contributed by atoms with Gasteiger partial charge in [0.2, 0.25) is 0 Å². The van der Waals surface area contributed by atoms with E-state index in [-0.39, 0.29) is 109 Å². The van der Waals surface area contributed by atoms with Crippen molar-refractivity contribution in [2.45, 2.75) is 361 Å². The molecule has 10 nitrogen and oxygen atoms in total. The summed E-state index contributed by atoms with van der Waals surface area (Å²) in [5.74, 6) is 0.108. The first kappa shape index (κ1) is 105. The van der Waals surface area contributed by atoms with Gasteiger partial charge < -0.3 is 44.1 Å². The molecular formula is C92H143F12O10PSi2. The van der Waals surface area contributed by atoms with Crippen molar-refractivity contribution in [3.63, 3.8) is 0 Å². The Morgan fingerprint density at radius 3 is 1.34 bits per heavy atom. The number of hydrogen-bond donors (Lipinski definition) is 6. The first-order chi connectivity index (χ1) is 52.2. The summed E-state index contributed by atoms with van der Waals surface area (Å²) in [5, 5.41) is 61.9. The Labute approximate surface area is 694 Å². The molecule has 668 valence electrons. The van der Waals surface area contributed by atoms with Crippen molar-refractivity contribution < 1.29 is 102 Å². The van der Waals surface area contributed by atoms with Crippen molar-refractivity contribution in [3.8, 4) is 0 Å². The lowest BCUT2D eigenvalue weighted by Crippen LogP contribution is -2.55. The molecule has 2 aromatic rings. The summed E-state index contributed by atoms with van der Waals surface area (Å²) in [7, 11) is -6.90. The Kier molecular flexibility index (Phi) is 35.0. The fourth-order valence-corrected chi connectivity index (χ4v) is 24.0. The van der Waals surface area contributed by atoms with Crippen molar-refractivity contribution >= 4 is 40.2 Å². The van der Waals surface area contributed by atoms with Gasteiger partial charge in [0.25, 0.3) is 11.2 Å². The van der Waals surface area contributed by atoms with E-state index in [0.717, 1.165) is 97.3 Å². The average molecular weight is 1720 g/mol. The highest BCUT2D eigenvalue weighted by Gasteiger charge is 2.70. The predicted octanol–water partition coefficient (Wildman–Crippen LogP) is 24.7. The van der Waals surface area contributed by atoms with Crippen LogP contribution in [-0.2, 0) is 18.2 Å². The number of halogens is 12. The number of ketones is 1. The van der Waals surface area contributed by atoms with Crippen LogP contribution >= 0.6 is 7.14 Å². The van der Waals surface area contributed by atoms with Gasteiger partial charge >= 0.3 is 24.7 Å². The van der Waals surface area contributed by atoms with Gasteiger partial charge in [0.1, 0.15) is 12.9 Å². The molecule has 2 aromatic carbocycles. The predicted molar refractivity (Wildman–Crippen MR) is 455 cm³/mol. The van der Waals surface area contributed by atoms with Crippen LogP contribution in [0.4, 0.5) is 52.7 Å². The number of rotatable bonds is 25. The molecule has 117 heavy (non-hydrogen) atoms. The van der Waals surface area contributed by atoms with Crippen LogP contribution < -0.4 is 10.6 Å². The lowest BCUT2D eigenvalue weighted by Gasteiger charge is -2.49. The van der Waals surface area contributed by atoms with Gasteiger partial charge in [0.15, 0.2) is 16.6 Å². The van der Waals surface area contributed by atoms with Gasteiger partial charge in [-0.1, -0.05) is 207 Å². The van der Waals surface area contributed by atoms with E-state index in [9.17, 15) is 92.7 Å². The molecule has 12 atom stereocenters. The molecule has 0 amide bonds. The van der Waals surface area contributed by atoms with Gasteiger partial charge in [-0.05, 0) is 247 Å². The van der Waals surface area contributed by atoms with Crippen molar-refractivity contribution in [1.29, 1.82) is 0 Å². The van der Waals surface area contributed by atoms with Gasteiger partial charge in [-0.2, -0.15) is 52.7 Å². The van der Waals surface area contributed by atoms with E-state index in [1.807, 2.05) is 93.6 Å². The van der Waals surface area contributed by atoms with Gasteiger partial charge in [-0.15, -0.1) is 0 Å². The minimum atomic E-state index is -5.92. The van der Waals surface area contributed by atoms with E-state index in [4.69, 9.17) is 8.85 Å². The molecule has 25 heteroatoms. The third-order valence-corrected chi connectivity index (χ3v) is 39.6. The van der Waals surface area contributed by atoms with Gasteiger partial charge in [-0.3, -0.25) is 4.79 Å². The van der Waals surface area contributed by atoms with Crippen LogP contribution in [0, 0.1) is 45.3 Å². The third kappa shape index (κ3) is 25.3. The van der Waals surface area contributed by atoms with E-state index >= 15 is 0 Å². The Bertz CT molecular complexity index is 3740. The van der Waals surface area contributed by atoms with Crippen LogP contribution in [-0.4, -0.2) is 131 Å². The molecule has 0 spiro atoms. The second-order valence-corrected chi connectivity index (χ2v) is 52.0. The number of hydrogen-bond acceptors (Lipinski definition) is 10. The van der Waals surface area contributed by atoms with Crippen LogP contribution in [0.5, 0.6) is 0 Å². The number of Topliss-reactive ketones (excluding diaryl/α,β-unsaturated/α-hetero) is 1. The fourth-order valence-electron chi connectivity index (χ4n) is 18.8. The largest absolute Gasteiger partial charge is 0.429 e. The van der Waals surface area contributed by atoms with E-state index in [0.29, 0.717) is 75.9 Å². The maximum atomic E-state index is 14.7. The summed E-state index contributed by atoms with van der Waals surface area (Å²) in [6.45, 7) is 46.1. The quantitative estimate of drug-likeness (QED) is 0.0243. The van der Waals surface area contributed by atoms with Crippen LogP contribution in [0.3, 0.4) is 0 Å². The zero-order chi connectivity index (χ0) is 87.4. The van der Waals surface area contributed by atoms with E-state index in [1.54, 1.807) is 27.7 Å². The summed E-state index contributed by atoms with van der Waals surface area (Å²) in [6.07, 6.45) is -4.74. The lowest BCUT2D eigenvalue weighted by molar-refractivity contribution is -0.348. The molecule has 6 aliphatic rings. The molecular weight excluding hydrogens is 1580 g/mol. The zero-order valence-corrected chi connectivity index (χ0v) is 74.3. The molecule has 0 saturated heterocycles. The number of allylic oxidation sites excluding steroid dienone is 6. The summed E-state index contributed by atoms with van der Waals surface area (Å²) in [6, 6.07) is 19.8. The van der Waals surface area contributed by atoms with Crippen molar-refractivity contribution in [2.75, 3.05) is 6.16 Å². The molecule has 0 aromatic heterocycles. The number of alkyl halides is 12. The van der Waals surface area contributed by atoms with Crippen molar-refractivity contribution in [1.82, 2.24) is 0 Å². The van der Waals surface area contributed by atoms with E-state index in [2.05, 4.69) is 93.9 Å². The molecule has 0 heterocycles. The topological polar surface area (TPSA) is 174 Å². The number of aliphatic hydroxyl groups excluding tert-OH is 2. The average Bonchev–Trinajstić information content (AvgIpc) is 1.63. The maximum absolute atomic E-state index is 14.7. The van der Waals surface area contributed by atoms with Gasteiger partial charge in [0, 0.05) is 42.0 Å². The van der Waals surface area contributed by atoms with Crippen LogP contribution in [0.1, 0.15) is 253 Å². The SMILES string of the molecule is C.C.C=C1/C(=C\C=C2/CCC[C@@]3(C)C2CC[C@@H]3C(C)(C/C=C\C(O)(C(F)(F)F)C(F)(F)F)CCCC(C)(C)O)C[C@@H](O)C[C@@H]1O.C=C1/C(=C\CP(=O)(c2ccccc2)c2ccccc2)C[C@@H](O[Si](C)(C)C(C)(C)C)C[C@@H]1O[Si](C)(C)C(C)(C)C.CC(C)(O)CCCC(C)(C/C=C\C(O)(C(F)(F)F)C(F)(F)F)[C@H]1CCC2C(=O)CCC[C@@]21C. The Morgan fingerprint density at radius 2 is 0.932 bits per heavy atom. The normalized spacial score (nSPS) is 27.4. The van der Waals surface area contributed by atoms with Crippen LogP contribution in [0.25, 0.3) is 0 Å². The standard InChI is InChI=1S/C33H48F6O4.C33H51O3PSi2.C24H36F6O3.2CH4/c1-21-23(19-24(40)20-26(21)41)11-10-22-9-6-17-30(5)25(22)12-13-27(30)29(4,15-7-14-28(2,3)42)16-8-18-31(43,32(34,35)36)33(37,38)39;1-26-27(22-23-37(34,29-18-14-12-15-19-29)30-20-16-13-17-21-30)24-28(35-38(8,9)32(2,3)4)25-31(26)36-39(10,11)33(5,6)7;1-19(2,32)11-6-12-20(3,13-7-15-22(33,23(25,26)27)24(28,29)30)18-10-9-16-17(31)8-5-14-21(16,18)4;;/h8,10-11,18,24-27,40-43H,1,6-7,9,12-17,19-20H2,2-5H3;12-22,28,31H,1,23-25H2,2-11H3;7,15-16,18,32-33H,5-6,8-14H2,1-4H3;2*1H4/b18-8-,22-10+,23-11-;27-22-;15-7-;;/t24-,25?,26+,27-,29?,30+;28-,31+;16?,18-,20?,21+;;/m111../s1. The first-order valence-corrected chi connectivity index (χ1v) is 48.8. The van der Waals surface area contributed by atoms with E-state index in [1.165, 1.54) is 5.57 Å². The number of aliphatic hydroxyl groups is 6. The summed E-state index contributed by atoms with van der Waals surface area (Å²) in [4.78, 5) is 12.5. The molecule has 6 N–H and O–H groups in total. The lowest BCUT2D eigenvalue weighted by atomic mass is 9.55. The van der Waals surface area contributed by atoms with Gasteiger partial charge in [0.05, 0.1) is 35.6 Å². The number of benzene rings is 2. The van der Waals surface area contributed by atoms with Crippen LogP contribution in [0.15, 0.2) is 144 Å². The highest BCUT2D eigenvalue weighted by Crippen LogP contribution is 2.65. The summed E-state index contributed by atoms with van der Waals surface area (Å²) < 4.78 is 187. The summed E-state index contributed by atoms with van der Waals surface area (Å²) in [5.41, 5.74) is -9.01. The minimum Gasteiger partial charge on any atom is -0.413 e. The molecule has 0 bridgehead atoms. The number of fused-ring (bicyclic) bond motifs is 2. The Morgan fingerprint density at radius 1 is 0.530 bits per heavy atom. The monoisotopic (exact) mass is 1720 g/mol. The van der Waals surface area contributed by atoms with Crippen molar-refractivity contribution in [2.24, 2.45) is 45.3 Å². The summed E-state index contributed by atoms with van der Waals surface area (Å²) >= 11 is 0. The molecule has 4 unspecified atom stereocenters. The smallest absolute Gasteiger partial charge is 0.413 e. The minimum absolute atomic E-state index is 0. The second-order valence-electron chi connectivity index (χ2n) is 39.6. The molecule has 6 saturated carbocycles. The molecule has 6 fully saturated rings. The number of carbonyl (C=O) groups excluding carboxylic acids is 1. The second kappa shape index (κ2) is 38.9. The van der Waals surface area contributed by atoms with Gasteiger partial charge in [-0.25, -0.2) is 0 Å². The third-order valence-electron chi connectivity index (χ3n) is 27.6. The molecule has 0 radical (unpaired) electrons. The number of carbonyl (C=O) groups is 1. The molecule has 6 aliphatic carbocycles. The first-order valence-electron chi connectivity index (χ1n) is 41.1. The van der Waals surface area contributed by atoms with E-state index < -0.39 is 93.9 Å². The maximum Gasteiger partial charge on any atom is 0.429 e. The fraction of sp³-hybridized carbons (Fsp3) is 0.707. The van der Waals surface area contributed by atoms with Crippen LogP contribution in [0.2, 0.25) is 36.3 Å². The zero-order valence-electron chi connectivity index (χ0n) is 71.4. The van der Waals surface area contributed by atoms with Crippen molar-refractivity contribution in [3.05, 3.63) is 144 Å². The Balaban J connectivity index is 0.000000369. The Hall–Kier alpha value is -4.21. The highest BCUT2D eigenvalue weighted by atomic mass is 31.2. The molecule has 0 aliphatic heterocycles. The highest BCUT2D eigenvalue weighted by molar-refractivity contribution is 7.78. The molecule has 8 rings (SSSR count).